The molecule has 10 heteroatoms. The number of anilines is 2. The fourth-order valence-corrected chi connectivity index (χ4v) is 2.23. The van der Waals surface area contributed by atoms with Gasteiger partial charge in [0.05, 0.1) is 11.1 Å². The van der Waals surface area contributed by atoms with E-state index in [-0.39, 0.29) is 11.8 Å². The molecule has 4 nitrogen and oxygen atoms in total. The zero-order chi connectivity index (χ0) is 21.1. The van der Waals surface area contributed by atoms with Crippen molar-refractivity contribution in [2.24, 2.45) is 0 Å². The standard InChI is InChI=1S/C18H14F6N2O2/c1-2-10-3-5-13(6-4-10)25-15(27)16(28)26-14-8-11(17(19,20)21)7-12(9-14)18(22,23)24/h3-9H,2H2,1H3,(H,25,27)(H,26,28). The highest BCUT2D eigenvalue weighted by Gasteiger charge is 2.37. The van der Waals surface area contributed by atoms with Crippen molar-refractivity contribution < 1.29 is 35.9 Å². The average molecular weight is 404 g/mol. The van der Waals surface area contributed by atoms with Crippen LogP contribution in [0.1, 0.15) is 23.6 Å². The molecule has 0 bridgehead atoms. The number of carbonyl (C=O) groups excluding carboxylic acids is 2. The number of rotatable bonds is 3. The summed E-state index contributed by atoms with van der Waals surface area (Å²) in [6.07, 6.45) is -9.39. The van der Waals surface area contributed by atoms with E-state index in [2.05, 4.69) is 5.32 Å². The molecule has 2 rings (SSSR count). The van der Waals surface area contributed by atoms with Gasteiger partial charge in [0.25, 0.3) is 0 Å². The van der Waals surface area contributed by atoms with Crippen LogP contribution in [-0.4, -0.2) is 11.8 Å². The zero-order valence-corrected chi connectivity index (χ0v) is 14.3. The maximum absolute atomic E-state index is 12.8. The van der Waals surface area contributed by atoms with Crippen molar-refractivity contribution in [1.82, 2.24) is 0 Å². The summed E-state index contributed by atoms with van der Waals surface area (Å²) in [5, 5.41) is 3.97. The SMILES string of the molecule is CCc1ccc(NC(=O)C(=O)Nc2cc(C(F)(F)F)cc(C(F)(F)F)c2)cc1. The Labute approximate surface area is 155 Å². The molecule has 2 N–H and O–H groups in total. The van der Waals surface area contributed by atoms with Gasteiger partial charge in [-0.05, 0) is 42.3 Å². The minimum atomic E-state index is -5.07. The summed E-state index contributed by atoms with van der Waals surface area (Å²) in [5.41, 5.74) is -2.80. The van der Waals surface area contributed by atoms with Gasteiger partial charge in [0.15, 0.2) is 0 Å². The molecule has 0 heterocycles. The van der Waals surface area contributed by atoms with Crippen LogP contribution in [0, 0.1) is 0 Å². The lowest BCUT2D eigenvalue weighted by atomic mass is 10.1. The topological polar surface area (TPSA) is 58.2 Å². The van der Waals surface area contributed by atoms with Gasteiger partial charge in [-0.25, -0.2) is 0 Å². The van der Waals surface area contributed by atoms with Crippen molar-refractivity contribution in [1.29, 1.82) is 0 Å². The van der Waals surface area contributed by atoms with Crippen LogP contribution in [0.2, 0.25) is 0 Å². The predicted octanol–water partition coefficient (Wildman–Crippen LogP) is 4.86. The Balaban J connectivity index is 2.20. The first-order valence-electron chi connectivity index (χ1n) is 7.91. The molecule has 0 fully saturated rings. The number of benzene rings is 2. The Morgan fingerprint density at radius 2 is 1.18 bits per heavy atom. The monoisotopic (exact) mass is 404 g/mol. The second-order valence-electron chi connectivity index (χ2n) is 5.75. The van der Waals surface area contributed by atoms with Gasteiger partial charge in [-0.2, -0.15) is 26.3 Å². The summed E-state index contributed by atoms with van der Waals surface area (Å²) in [6.45, 7) is 1.91. The molecule has 0 saturated carbocycles. The fraction of sp³-hybridized carbons (Fsp3) is 0.222. The number of halogens is 6. The third-order valence-corrected chi connectivity index (χ3v) is 3.67. The molecule has 0 aliphatic heterocycles. The molecule has 0 spiro atoms. The largest absolute Gasteiger partial charge is 0.416 e. The highest BCUT2D eigenvalue weighted by Crippen LogP contribution is 2.37. The fourth-order valence-electron chi connectivity index (χ4n) is 2.23. The second-order valence-corrected chi connectivity index (χ2v) is 5.75. The minimum Gasteiger partial charge on any atom is -0.318 e. The zero-order valence-electron chi connectivity index (χ0n) is 14.3. The van der Waals surface area contributed by atoms with Gasteiger partial charge in [0.1, 0.15) is 0 Å². The molecule has 0 radical (unpaired) electrons. The van der Waals surface area contributed by atoms with Crippen LogP contribution in [-0.2, 0) is 28.4 Å². The Hall–Kier alpha value is -3.04. The summed E-state index contributed by atoms with van der Waals surface area (Å²) < 4.78 is 76.9. The molecular weight excluding hydrogens is 390 g/mol. The smallest absolute Gasteiger partial charge is 0.318 e. The molecule has 2 aromatic rings. The van der Waals surface area contributed by atoms with Gasteiger partial charge >= 0.3 is 24.2 Å². The number of amides is 2. The molecule has 0 aliphatic rings. The third-order valence-electron chi connectivity index (χ3n) is 3.67. The number of alkyl halides is 6. The number of hydrogen-bond acceptors (Lipinski definition) is 2. The Bertz CT molecular complexity index is 841. The Morgan fingerprint density at radius 3 is 1.57 bits per heavy atom. The van der Waals surface area contributed by atoms with Gasteiger partial charge in [-0.3, -0.25) is 9.59 Å². The van der Waals surface area contributed by atoms with E-state index < -0.39 is 41.0 Å². The Morgan fingerprint density at radius 1 is 0.750 bits per heavy atom. The van der Waals surface area contributed by atoms with Crippen molar-refractivity contribution in [3.8, 4) is 0 Å². The Kier molecular flexibility index (Phi) is 6.01. The molecule has 2 aromatic carbocycles. The molecule has 0 aromatic heterocycles. The molecule has 28 heavy (non-hydrogen) atoms. The van der Waals surface area contributed by atoms with Crippen molar-refractivity contribution in [3.63, 3.8) is 0 Å². The number of carbonyl (C=O) groups is 2. The first kappa shape index (κ1) is 21.3. The maximum Gasteiger partial charge on any atom is 0.416 e. The van der Waals surface area contributed by atoms with Crippen molar-refractivity contribution in [3.05, 3.63) is 59.2 Å². The van der Waals surface area contributed by atoms with Gasteiger partial charge in [-0.15, -0.1) is 0 Å². The highest BCUT2D eigenvalue weighted by atomic mass is 19.4. The van der Waals surface area contributed by atoms with E-state index in [1.54, 1.807) is 17.4 Å². The van der Waals surface area contributed by atoms with Gasteiger partial charge in [0, 0.05) is 11.4 Å². The van der Waals surface area contributed by atoms with Crippen LogP contribution in [0.4, 0.5) is 37.7 Å². The normalized spacial score (nSPS) is 11.8. The third kappa shape index (κ3) is 5.48. The molecule has 0 aliphatic carbocycles. The van der Waals surface area contributed by atoms with Crippen LogP contribution in [0.25, 0.3) is 0 Å². The molecule has 0 unspecified atom stereocenters. The minimum absolute atomic E-state index is 0.0784. The highest BCUT2D eigenvalue weighted by molar-refractivity contribution is 6.43. The number of nitrogens with one attached hydrogen (secondary N) is 2. The van der Waals surface area contributed by atoms with Gasteiger partial charge < -0.3 is 10.6 Å². The van der Waals surface area contributed by atoms with E-state index in [1.807, 2.05) is 6.92 Å². The lowest BCUT2D eigenvalue weighted by molar-refractivity contribution is -0.143. The number of hydrogen-bond donors (Lipinski definition) is 2. The molecular formula is C18H14F6N2O2. The van der Waals surface area contributed by atoms with E-state index in [0.29, 0.717) is 12.1 Å². The first-order chi connectivity index (χ1) is 12.9. The molecule has 150 valence electrons. The molecule has 0 saturated heterocycles. The molecule has 0 atom stereocenters. The van der Waals surface area contributed by atoms with E-state index in [4.69, 9.17) is 0 Å². The van der Waals surface area contributed by atoms with Crippen LogP contribution in [0.3, 0.4) is 0 Å². The van der Waals surface area contributed by atoms with Crippen LogP contribution in [0.15, 0.2) is 42.5 Å². The van der Waals surface area contributed by atoms with Crippen molar-refractivity contribution >= 4 is 23.2 Å². The van der Waals surface area contributed by atoms with E-state index in [0.717, 1.165) is 12.0 Å². The lowest BCUT2D eigenvalue weighted by Crippen LogP contribution is -2.29. The van der Waals surface area contributed by atoms with E-state index in [9.17, 15) is 35.9 Å². The second kappa shape index (κ2) is 7.91. The van der Waals surface area contributed by atoms with Crippen LogP contribution >= 0.6 is 0 Å². The number of aryl methyl sites for hydroxylation is 1. The summed E-state index contributed by atoms with van der Waals surface area (Å²) in [5.74, 6) is -2.65. The maximum atomic E-state index is 12.8. The van der Waals surface area contributed by atoms with Gasteiger partial charge in [-0.1, -0.05) is 19.1 Å². The summed E-state index contributed by atoms with van der Waals surface area (Å²) in [4.78, 5) is 23.7. The lowest BCUT2D eigenvalue weighted by Gasteiger charge is -2.14. The first-order valence-corrected chi connectivity index (χ1v) is 7.91. The molecule has 2 amide bonds. The predicted molar refractivity (Wildman–Crippen MR) is 89.5 cm³/mol. The van der Waals surface area contributed by atoms with Crippen molar-refractivity contribution in [2.75, 3.05) is 10.6 Å². The van der Waals surface area contributed by atoms with E-state index in [1.165, 1.54) is 12.1 Å². The summed E-state index contributed by atoms with van der Waals surface area (Å²) in [6, 6.07) is 6.95. The summed E-state index contributed by atoms with van der Waals surface area (Å²) in [7, 11) is 0. The quantitative estimate of drug-likeness (QED) is 0.567. The van der Waals surface area contributed by atoms with Crippen LogP contribution < -0.4 is 10.6 Å². The van der Waals surface area contributed by atoms with E-state index >= 15 is 0 Å². The van der Waals surface area contributed by atoms with Crippen LogP contribution in [0.5, 0.6) is 0 Å². The summed E-state index contributed by atoms with van der Waals surface area (Å²) >= 11 is 0. The van der Waals surface area contributed by atoms with Crippen molar-refractivity contribution in [2.45, 2.75) is 25.7 Å². The van der Waals surface area contributed by atoms with Gasteiger partial charge in [0.2, 0.25) is 0 Å². The average Bonchev–Trinajstić information content (AvgIpc) is 2.60.